The van der Waals surface area contributed by atoms with Gasteiger partial charge in [0.2, 0.25) is 5.91 Å². The SMILES string of the molecule is CC(C)CNC(=O)CNC(=O)c1ccc(N)c(O)c1. The number of phenolic OH excluding ortho intramolecular Hbond substituents is 1. The number of benzene rings is 1. The van der Waals surface area contributed by atoms with Crippen LogP contribution in [0.5, 0.6) is 5.75 Å². The van der Waals surface area contributed by atoms with Crippen molar-refractivity contribution < 1.29 is 14.7 Å². The summed E-state index contributed by atoms with van der Waals surface area (Å²) in [5.74, 6) is -0.484. The normalized spacial score (nSPS) is 10.3. The summed E-state index contributed by atoms with van der Waals surface area (Å²) in [5, 5.41) is 14.5. The second-order valence-corrected chi connectivity index (χ2v) is 4.65. The van der Waals surface area contributed by atoms with Gasteiger partial charge in [-0.3, -0.25) is 9.59 Å². The van der Waals surface area contributed by atoms with Crippen LogP contribution in [-0.4, -0.2) is 30.0 Å². The summed E-state index contributed by atoms with van der Waals surface area (Å²) in [5.41, 5.74) is 5.89. The molecule has 5 N–H and O–H groups in total. The Balaban J connectivity index is 2.47. The van der Waals surface area contributed by atoms with Gasteiger partial charge in [0.05, 0.1) is 12.2 Å². The molecule has 0 aliphatic rings. The number of hydrogen-bond donors (Lipinski definition) is 4. The first-order valence-electron chi connectivity index (χ1n) is 6.03. The van der Waals surface area contributed by atoms with Gasteiger partial charge in [0.15, 0.2) is 0 Å². The molecule has 6 heteroatoms. The van der Waals surface area contributed by atoms with Gasteiger partial charge in [-0.2, -0.15) is 0 Å². The van der Waals surface area contributed by atoms with Gasteiger partial charge in [0, 0.05) is 12.1 Å². The number of nitrogen functional groups attached to an aromatic ring is 1. The number of amides is 2. The van der Waals surface area contributed by atoms with Crippen molar-refractivity contribution in [2.24, 2.45) is 5.92 Å². The number of anilines is 1. The highest BCUT2D eigenvalue weighted by atomic mass is 16.3. The molecule has 0 spiro atoms. The second-order valence-electron chi connectivity index (χ2n) is 4.65. The van der Waals surface area contributed by atoms with Gasteiger partial charge < -0.3 is 21.5 Å². The third kappa shape index (κ3) is 4.87. The topological polar surface area (TPSA) is 104 Å². The molecular weight excluding hydrogens is 246 g/mol. The van der Waals surface area contributed by atoms with Gasteiger partial charge in [-0.25, -0.2) is 0 Å². The van der Waals surface area contributed by atoms with E-state index in [1.54, 1.807) is 0 Å². The van der Waals surface area contributed by atoms with Crippen LogP contribution in [-0.2, 0) is 4.79 Å². The summed E-state index contributed by atoms with van der Waals surface area (Å²) in [6.45, 7) is 4.43. The van der Waals surface area contributed by atoms with Gasteiger partial charge >= 0.3 is 0 Å². The van der Waals surface area contributed by atoms with E-state index in [1.165, 1.54) is 18.2 Å². The maximum Gasteiger partial charge on any atom is 0.251 e. The molecule has 0 aliphatic heterocycles. The van der Waals surface area contributed by atoms with E-state index in [1.807, 2.05) is 13.8 Å². The van der Waals surface area contributed by atoms with Crippen LogP contribution < -0.4 is 16.4 Å². The molecule has 0 aliphatic carbocycles. The van der Waals surface area contributed by atoms with Crippen molar-refractivity contribution in [1.29, 1.82) is 0 Å². The Morgan fingerprint density at radius 3 is 2.58 bits per heavy atom. The predicted molar refractivity (Wildman–Crippen MR) is 72.7 cm³/mol. The van der Waals surface area contributed by atoms with Crippen LogP contribution in [0.25, 0.3) is 0 Å². The van der Waals surface area contributed by atoms with E-state index in [2.05, 4.69) is 10.6 Å². The molecule has 0 saturated carbocycles. The lowest BCUT2D eigenvalue weighted by atomic mass is 10.2. The molecule has 1 aromatic rings. The Bertz CT molecular complexity index is 472. The highest BCUT2D eigenvalue weighted by Crippen LogP contribution is 2.20. The minimum Gasteiger partial charge on any atom is -0.506 e. The molecule has 0 atom stereocenters. The van der Waals surface area contributed by atoms with Crippen LogP contribution in [0.1, 0.15) is 24.2 Å². The quantitative estimate of drug-likeness (QED) is 0.459. The average Bonchev–Trinajstić information content (AvgIpc) is 2.36. The molecule has 19 heavy (non-hydrogen) atoms. The van der Waals surface area contributed by atoms with Crippen molar-refractivity contribution >= 4 is 17.5 Å². The summed E-state index contributed by atoms with van der Waals surface area (Å²) in [6, 6.07) is 4.18. The summed E-state index contributed by atoms with van der Waals surface area (Å²) >= 11 is 0. The number of carbonyl (C=O) groups is 2. The molecule has 1 aromatic carbocycles. The smallest absolute Gasteiger partial charge is 0.251 e. The lowest BCUT2D eigenvalue weighted by Crippen LogP contribution is -2.38. The largest absolute Gasteiger partial charge is 0.506 e. The molecule has 0 bridgehead atoms. The van der Waals surface area contributed by atoms with Crippen LogP contribution in [0.2, 0.25) is 0 Å². The predicted octanol–water partition coefficient (Wildman–Crippen LogP) is 0.476. The van der Waals surface area contributed by atoms with Crippen molar-refractivity contribution in [2.75, 3.05) is 18.8 Å². The third-order valence-corrected chi connectivity index (χ3v) is 2.41. The fraction of sp³-hybridized carbons (Fsp3) is 0.385. The van der Waals surface area contributed by atoms with Crippen LogP contribution in [0.15, 0.2) is 18.2 Å². The van der Waals surface area contributed by atoms with Crippen molar-refractivity contribution in [3.05, 3.63) is 23.8 Å². The van der Waals surface area contributed by atoms with Crippen LogP contribution in [0, 0.1) is 5.92 Å². The maximum absolute atomic E-state index is 11.7. The van der Waals surface area contributed by atoms with Crippen molar-refractivity contribution in [3.63, 3.8) is 0 Å². The summed E-state index contributed by atoms with van der Waals surface area (Å²) in [7, 11) is 0. The molecular formula is C13H19N3O3. The van der Waals surface area contributed by atoms with Gasteiger partial charge in [0.1, 0.15) is 5.75 Å². The molecule has 0 fully saturated rings. The number of carbonyl (C=O) groups excluding carboxylic acids is 2. The molecule has 0 unspecified atom stereocenters. The second kappa shape index (κ2) is 6.63. The molecule has 0 radical (unpaired) electrons. The minimum atomic E-state index is -0.435. The minimum absolute atomic E-state index is 0.101. The monoisotopic (exact) mass is 265 g/mol. The van der Waals surface area contributed by atoms with E-state index in [0.29, 0.717) is 12.5 Å². The average molecular weight is 265 g/mol. The molecule has 2 amide bonds. The molecule has 1 rings (SSSR count). The zero-order valence-corrected chi connectivity index (χ0v) is 11.1. The van der Waals surface area contributed by atoms with Crippen LogP contribution in [0.3, 0.4) is 0 Å². The lowest BCUT2D eigenvalue weighted by molar-refractivity contribution is -0.120. The first kappa shape index (κ1) is 14.8. The fourth-order valence-electron chi connectivity index (χ4n) is 1.33. The number of aromatic hydroxyl groups is 1. The maximum atomic E-state index is 11.7. The van der Waals surface area contributed by atoms with E-state index in [9.17, 15) is 14.7 Å². The van der Waals surface area contributed by atoms with E-state index in [4.69, 9.17) is 5.73 Å². The van der Waals surface area contributed by atoms with Gasteiger partial charge in [-0.15, -0.1) is 0 Å². The molecule has 0 heterocycles. The third-order valence-electron chi connectivity index (χ3n) is 2.41. The number of phenols is 1. The van der Waals surface area contributed by atoms with Crippen molar-refractivity contribution in [2.45, 2.75) is 13.8 Å². The Kier molecular flexibility index (Phi) is 5.17. The molecule has 0 aromatic heterocycles. The van der Waals surface area contributed by atoms with Gasteiger partial charge in [-0.1, -0.05) is 13.8 Å². The Morgan fingerprint density at radius 1 is 1.32 bits per heavy atom. The molecule has 0 saturated heterocycles. The standard InChI is InChI=1S/C13H19N3O3/c1-8(2)6-15-12(18)7-16-13(19)9-3-4-10(14)11(17)5-9/h3-5,8,17H,6-7,14H2,1-2H3,(H,15,18)(H,16,19). The first-order valence-corrected chi connectivity index (χ1v) is 6.03. The van der Waals surface area contributed by atoms with Crippen molar-refractivity contribution in [1.82, 2.24) is 10.6 Å². The summed E-state index contributed by atoms with van der Waals surface area (Å²) in [4.78, 5) is 23.1. The van der Waals surface area contributed by atoms with E-state index >= 15 is 0 Å². The van der Waals surface area contributed by atoms with Gasteiger partial charge in [-0.05, 0) is 24.1 Å². The first-order chi connectivity index (χ1) is 8.90. The van der Waals surface area contributed by atoms with Gasteiger partial charge in [0.25, 0.3) is 5.91 Å². The lowest BCUT2D eigenvalue weighted by Gasteiger charge is -2.09. The Morgan fingerprint density at radius 2 is 2.00 bits per heavy atom. The molecule has 104 valence electrons. The number of nitrogens with two attached hydrogens (primary N) is 1. The zero-order chi connectivity index (χ0) is 14.4. The van der Waals surface area contributed by atoms with E-state index in [0.717, 1.165) is 0 Å². The zero-order valence-electron chi connectivity index (χ0n) is 11.1. The Hall–Kier alpha value is -2.24. The fourth-order valence-corrected chi connectivity index (χ4v) is 1.33. The highest BCUT2D eigenvalue weighted by molar-refractivity contribution is 5.97. The number of rotatable bonds is 5. The van der Waals surface area contributed by atoms with Crippen LogP contribution in [0.4, 0.5) is 5.69 Å². The highest BCUT2D eigenvalue weighted by Gasteiger charge is 2.09. The number of nitrogens with one attached hydrogen (secondary N) is 2. The summed E-state index contributed by atoms with van der Waals surface area (Å²) < 4.78 is 0. The van der Waals surface area contributed by atoms with E-state index in [-0.39, 0.29) is 29.5 Å². The Labute approximate surface area is 112 Å². The number of hydrogen-bond acceptors (Lipinski definition) is 4. The van der Waals surface area contributed by atoms with Crippen molar-refractivity contribution in [3.8, 4) is 5.75 Å². The van der Waals surface area contributed by atoms with E-state index < -0.39 is 5.91 Å². The summed E-state index contributed by atoms with van der Waals surface area (Å²) in [6.07, 6.45) is 0. The molecule has 6 nitrogen and oxygen atoms in total. The van der Waals surface area contributed by atoms with Crippen LogP contribution >= 0.6 is 0 Å².